The molecule has 0 radical (unpaired) electrons. The third-order valence-corrected chi connectivity index (χ3v) is 3.96. The Kier molecular flexibility index (Phi) is 3.41. The molecule has 4 heteroatoms. The van der Waals surface area contributed by atoms with Gasteiger partial charge in [-0.2, -0.15) is 0 Å². The topological polar surface area (TPSA) is 32.6 Å². The highest BCUT2D eigenvalue weighted by Crippen LogP contribution is 2.30. The minimum absolute atomic E-state index is 0.645. The number of hydrogen-bond acceptors (Lipinski definition) is 3. The van der Waals surface area contributed by atoms with Crippen molar-refractivity contribution in [2.24, 2.45) is 5.16 Å². The SMILES string of the molecule is C/C(=N\O)c1ccc(-c2cccc(Br)c2)s1. The maximum absolute atomic E-state index is 8.70. The molecule has 0 unspecified atom stereocenters. The third kappa shape index (κ3) is 2.33. The quantitative estimate of drug-likeness (QED) is 0.498. The smallest absolute Gasteiger partial charge is 0.0936 e. The van der Waals surface area contributed by atoms with Gasteiger partial charge in [0.15, 0.2) is 0 Å². The summed E-state index contributed by atoms with van der Waals surface area (Å²) < 4.78 is 1.06. The number of benzene rings is 1. The zero-order valence-corrected chi connectivity index (χ0v) is 11.0. The monoisotopic (exact) mass is 295 g/mol. The van der Waals surface area contributed by atoms with Crippen LogP contribution in [0.5, 0.6) is 0 Å². The van der Waals surface area contributed by atoms with Crippen molar-refractivity contribution in [1.29, 1.82) is 0 Å². The number of oxime groups is 1. The second kappa shape index (κ2) is 4.80. The van der Waals surface area contributed by atoms with Gasteiger partial charge in [-0.05, 0) is 36.8 Å². The van der Waals surface area contributed by atoms with E-state index in [-0.39, 0.29) is 0 Å². The molecule has 0 bridgehead atoms. The van der Waals surface area contributed by atoms with Crippen molar-refractivity contribution in [3.63, 3.8) is 0 Å². The van der Waals surface area contributed by atoms with Crippen LogP contribution in [0.2, 0.25) is 0 Å². The molecule has 0 atom stereocenters. The second-order valence-electron chi connectivity index (χ2n) is 3.36. The molecule has 0 aliphatic rings. The van der Waals surface area contributed by atoms with Crippen LogP contribution in [-0.2, 0) is 0 Å². The Bertz CT molecular complexity index is 533. The van der Waals surface area contributed by atoms with Gasteiger partial charge in [-0.1, -0.05) is 33.2 Å². The molecular formula is C12H10BrNOS. The van der Waals surface area contributed by atoms with E-state index >= 15 is 0 Å². The van der Waals surface area contributed by atoms with Crippen LogP contribution >= 0.6 is 27.3 Å². The second-order valence-corrected chi connectivity index (χ2v) is 5.36. The first-order chi connectivity index (χ1) is 7.70. The predicted molar refractivity (Wildman–Crippen MR) is 71.5 cm³/mol. The Morgan fingerprint density at radius 1 is 1.31 bits per heavy atom. The van der Waals surface area contributed by atoms with Gasteiger partial charge in [-0.3, -0.25) is 0 Å². The minimum Gasteiger partial charge on any atom is -0.411 e. The van der Waals surface area contributed by atoms with Crippen LogP contribution in [0.15, 0.2) is 46.0 Å². The summed E-state index contributed by atoms with van der Waals surface area (Å²) in [4.78, 5) is 2.15. The number of hydrogen-bond donors (Lipinski definition) is 1. The Morgan fingerprint density at radius 3 is 2.81 bits per heavy atom. The van der Waals surface area contributed by atoms with Crippen LogP contribution in [0, 0.1) is 0 Å². The summed E-state index contributed by atoms with van der Waals surface area (Å²) in [5.74, 6) is 0. The highest BCUT2D eigenvalue weighted by Gasteiger charge is 2.05. The Hall–Kier alpha value is -1.13. The Labute approximate surface area is 106 Å². The van der Waals surface area contributed by atoms with Gasteiger partial charge >= 0.3 is 0 Å². The summed E-state index contributed by atoms with van der Waals surface area (Å²) in [5, 5.41) is 11.9. The molecule has 1 N–H and O–H groups in total. The molecule has 2 nitrogen and oxygen atoms in total. The summed E-state index contributed by atoms with van der Waals surface area (Å²) in [6, 6.07) is 12.1. The summed E-state index contributed by atoms with van der Waals surface area (Å²) >= 11 is 5.07. The first-order valence-electron chi connectivity index (χ1n) is 4.75. The molecule has 2 aromatic rings. The van der Waals surface area contributed by atoms with Crippen molar-refractivity contribution < 1.29 is 5.21 Å². The van der Waals surface area contributed by atoms with Gasteiger partial charge in [0.2, 0.25) is 0 Å². The molecule has 0 aliphatic carbocycles. The predicted octanol–water partition coefficient (Wildman–Crippen LogP) is 4.38. The van der Waals surface area contributed by atoms with Gasteiger partial charge in [0.05, 0.1) is 10.6 Å². The van der Waals surface area contributed by atoms with E-state index in [1.807, 2.05) is 24.3 Å². The molecule has 0 saturated heterocycles. The highest BCUT2D eigenvalue weighted by molar-refractivity contribution is 9.10. The number of halogens is 1. The summed E-state index contributed by atoms with van der Waals surface area (Å²) in [5.41, 5.74) is 1.81. The molecule has 0 fully saturated rings. The normalized spacial score (nSPS) is 11.8. The van der Waals surface area contributed by atoms with Crippen molar-refractivity contribution in [3.05, 3.63) is 45.7 Å². The molecule has 16 heavy (non-hydrogen) atoms. The lowest BCUT2D eigenvalue weighted by molar-refractivity contribution is 0.319. The first kappa shape index (κ1) is 11.4. The fourth-order valence-corrected chi connectivity index (χ4v) is 2.72. The lowest BCUT2D eigenvalue weighted by Crippen LogP contribution is -1.87. The van der Waals surface area contributed by atoms with Crippen molar-refractivity contribution in [2.75, 3.05) is 0 Å². The van der Waals surface area contributed by atoms with Crippen molar-refractivity contribution in [1.82, 2.24) is 0 Å². The number of rotatable bonds is 2. The van der Waals surface area contributed by atoms with Crippen LogP contribution in [0.1, 0.15) is 11.8 Å². The van der Waals surface area contributed by atoms with E-state index in [1.54, 1.807) is 18.3 Å². The summed E-state index contributed by atoms with van der Waals surface area (Å²) in [7, 11) is 0. The Balaban J connectivity index is 2.39. The average Bonchev–Trinajstić information content (AvgIpc) is 2.77. The molecule has 0 aliphatic heterocycles. The molecule has 2 rings (SSSR count). The molecule has 0 saturated carbocycles. The van der Waals surface area contributed by atoms with Gasteiger partial charge in [-0.15, -0.1) is 11.3 Å². The van der Waals surface area contributed by atoms with Gasteiger partial charge in [0.1, 0.15) is 0 Å². The van der Waals surface area contributed by atoms with E-state index in [2.05, 4.69) is 33.2 Å². The molecule has 0 amide bonds. The van der Waals surface area contributed by atoms with Crippen LogP contribution < -0.4 is 0 Å². The fraction of sp³-hybridized carbons (Fsp3) is 0.0833. The molecule has 1 aromatic carbocycles. The fourth-order valence-electron chi connectivity index (χ4n) is 1.38. The number of nitrogens with zero attached hydrogens (tertiary/aromatic N) is 1. The van der Waals surface area contributed by atoms with Crippen molar-refractivity contribution in [3.8, 4) is 10.4 Å². The molecule has 82 valence electrons. The van der Waals surface area contributed by atoms with Crippen LogP contribution in [0.25, 0.3) is 10.4 Å². The maximum atomic E-state index is 8.70. The van der Waals surface area contributed by atoms with Gasteiger partial charge in [0, 0.05) is 9.35 Å². The molecule has 1 heterocycles. The van der Waals surface area contributed by atoms with E-state index in [0.717, 1.165) is 14.9 Å². The largest absolute Gasteiger partial charge is 0.411 e. The van der Waals surface area contributed by atoms with Crippen LogP contribution in [0.3, 0.4) is 0 Å². The van der Waals surface area contributed by atoms with Crippen LogP contribution in [0.4, 0.5) is 0 Å². The van der Waals surface area contributed by atoms with Gasteiger partial charge < -0.3 is 5.21 Å². The molecular weight excluding hydrogens is 286 g/mol. The number of thiophene rings is 1. The molecule has 0 spiro atoms. The summed E-state index contributed by atoms with van der Waals surface area (Å²) in [6.45, 7) is 1.79. The highest BCUT2D eigenvalue weighted by atomic mass is 79.9. The average molecular weight is 296 g/mol. The van der Waals surface area contributed by atoms with E-state index < -0.39 is 0 Å². The summed E-state index contributed by atoms with van der Waals surface area (Å²) in [6.07, 6.45) is 0. The van der Waals surface area contributed by atoms with E-state index in [1.165, 1.54) is 4.88 Å². The molecule has 1 aromatic heterocycles. The lowest BCUT2D eigenvalue weighted by Gasteiger charge is -1.97. The van der Waals surface area contributed by atoms with Crippen LogP contribution in [-0.4, -0.2) is 10.9 Å². The third-order valence-electron chi connectivity index (χ3n) is 2.22. The van der Waals surface area contributed by atoms with E-state index in [4.69, 9.17) is 5.21 Å². The van der Waals surface area contributed by atoms with E-state index in [9.17, 15) is 0 Å². The maximum Gasteiger partial charge on any atom is 0.0936 e. The van der Waals surface area contributed by atoms with Crippen molar-refractivity contribution >= 4 is 33.0 Å². The van der Waals surface area contributed by atoms with Crippen molar-refractivity contribution in [2.45, 2.75) is 6.92 Å². The van der Waals surface area contributed by atoms with Gasteiger partial charge in [0.25, 0.3) is 0 Å². The van der Waals surface area contributed by atoms with Gasteiger partial charge in [-0.25, -0.2) is 0 Å². The standard InChI is InChI=1S/C12H10BrNOS/c1-8(14-15)11-5-6-12(16-11)9-3-2-4-10(13)7-9/h2-7,15H,1H3/b14-8+. The first-order valence-corrected chi connectivity index (χ1v) is 6.36. The minimum atomic E-state index is 0.645. The Morgan fingerprint density at radius 2 is 2.12 bits per heavy atom. The lowest BCUT2D eigenvalue weighted by atomic mass is 10.2. The van der Waals surface area contributed by atoms with E-state index in [0.29, 0.717) is 5.71 Å². The zero-order chi connectivity index (χ0) is 11.5. The zero-order valence-electron chi connectivity index (χ0n) is 8.64.